The quantitative estimate of drug-likeness (QED) is 0.0781. The van der Waals surface area contributed by atoms with Crippen LogP contribution in [0, 0.1) is 0 Å². The van der Waals surface area contributed by atoms with E-state index in [-0.39, 0.29) is 48.5 Å². The molecule has 2 heterocycles. The number of rotatable bonds is 34. The molecule has 17 heteroatoms. The predicted octanol–water partition coefficient (Wildman–Crippen LogP) is 1.38. The van der Waals surface area contributed by atoms with Crippen molar-refractivity contribution in [2.75, 3.05) is 126 Å². The maximum Gasteiger partial charge on any atom is 0.266 e. The lowest BCUT2D eigenvalue weighted by Gasteiger charge is -2.27. The summed E-state index contributed by atoms with van der Waals surface area (Å²) in [5.41, 5.74) is 0.0868. The number of ketones is 1. The first kappa shape index (κ1) is 45.0. The number of piperidine rings is 1. The summed E-state index contributed by atoms with van der Waals surface area (Å²) in [6, 6.07) is 3.41. The Bertz CT molecular complexity index is 1280. The third-order valence-corrected chi connectivity index (χ3v) is 7.89. The number of amides is 4. The Morgan fingerprint density at radius 3 is 1.57 bits per heavy atom. The highest BCUT2D eigenvalue weighted by molar-refractivity contribution is 6.24. The van der Waals surface area contributed by atoms with Crippen LogP contribution in [0.4, 0.5) is 0 Å². The summed E-state index contributed by atoms with van der Waals surface area (Å²) in [7, 11) is 0. The van der Waals surface area contributed by atoms with Crippen molar-refractivity contribution in [2.45, 2.75) is 45.1 Å². The van der Waals surface area contributed by atoms with Crippen LogP contribution in [-0.4, -0.2) is 166 Å². The number of Topliss-reactive ketones (excluding diaryl/α,β-unsaturated/α-hetero) is 1. The van der Waals surface area contributed by atoms with Gasteiger partial charge >= 0.3 is 0 Å². The lowest BCUT2D eigenvalue weighted by atomic mass is 10.0. The highest BCUT2D eigenvalue weighted by Gasteiger charge is 2.46. The lowest BCUT2D eigenvalue weighted by molar-refractivity contribution is -0.136. The van der Waals surface area contributed by atoms with E-state index >= 15 is 0 Å². The smallest absolute Gasteiger partial charge is 0.266 e. The minimum Gasteiger partial charge on any atom is -0.485 e. The second kappa shape index (κ2) is 28.1. The van der Waals surface area contributed by atoms with Crippen LogP contribution >= 0.6 is 0 Å². The molecule has 0 saturated carbocycles. The van der Waals surface area contributed by atoms with Gasteiger partial charge < -0.3 is 47.4 Å². The number of imide groups is 2. The lowest BCUT2D eigenvalue weighted by Crippen LogP contribution is -2.54. The van der Waals surface area contributed by atoms with Gasteiger partial charge in [-0.05, 0) is 31.4 Å². The Morgan fingerprint density at radius 2 is 1.11 bits per heavy atom. The van der Waals surface area contributed by atoms with Gasteiger partial charge in [-0.25, -0.2) is 0 Å². The monoisotopic (exact) mass is 768 g/mol. The molecule has 0 aromatic heterocycles. The van der Waals surface area contributed by atoms with Gasteiger partial charge in [-0.15, -0.1) is 0 Å². The van der Waals surface area contributed by atoms with E-state index < -0.39 is 29.7 Å². The molecule has 1 aromatic rings. The van der Waals surface area contributed by atoms with Gasteiger partial charge in [-0.1, -0.05) is 13.0 Å². The summed E-state index contributed by atoms with van der Waals surface area (Å²) >= 11 is 0. The van der Waals surface area contributed by atoms with Gasteiger partial charge in [-0.2, -0.15) is 0 Å². The second-order valence-corrected chi connectivity index (χ2v) is 12.1. The molecule has 17 nitrogen and oxygen atoms in total. The van der Waals surface area contributed by atoms with Crippen LogP contribution in [0.25, 0.3) is 0 Å². The van der Waals surface area contributed by atoms with E-state index in [0.29, 0.717) is 119 Å². The molecule has 3 rings (SSSR count). The summed E-state index contributed by atoms with van der Waals surface area (Å²) in [6.45, 7) is 10.6. The molecule has 54 heavy (non-hydrogen) atoms. The molecule has 304 valence electrons. The molecule has 0 radical (unpaired) electrons. The second-order valence-electron chi connectivity index (χ2n) is 12.1. The first-order valence-electron chi connectivity index (χ1n) is 18.6. The van der Waals surface area contributed by atoms with Crippen LogP contribution in [0.3, 0.4) is 0 Å². The average molecular weight is 769 g/mol. The number of carbonyl (C=O) groups is 5. The zero-order valence-electron chi connectivity index (χ0n) is 31.4. The highest BCUT2D eigenvalue weighted by Crippen LogP contribution is 2.33. The van der Waals surface area contributed by atoms with Gasteiger partial charge in [0.25, 0.3) is 11.8 Å². The summed E-state index contributed by atoms with van der Waals surface area (Å²) in [5, 5.41) is 2.16. The van der Waals surface area contributed by atoms with Crippen molar-refractivity contribution in [3.63, 3.8) is 0 Å². The summed E-state index contributed by atoms with van der Waals surface area (Å²) < 4.78 is 54.7. The standard InChI is InChI=1S/C37H56N2O15/c1-2-10-45-12-14-47-16-18-49-20-22-51-24-26-53-27-25-52-23-21-50-19-17-48-15-13-46-11-4-5-29(40)28-54-32-7-3-6-30-34(32)37(44)39(36(30)43)31-8-9-33(41)38-35(31)42/h3,6-7,31H,2,4-5,8-28H2,1H3,(H,38,41,42). The van der Waals surface area contributed by atoms with Crippen molar-refractivity contribution < 1.29 is 71.3 Å². The van der Waals surface area contributed by atoms with E-state index in [1.807, 2.05) is 0 Å². The molecule has 0 bridgehead atoms. The van der Waals surface area contributed by atoms with Crippen LogP contribution in [0.5, 0.6) is 5.75 Å². The fourth-order valence-corrected chi connectivity index (χ4v) is 5.21. The van der Waals surface area contributed by atoms with Crippen LogP contribution in [0.15, 0.2) is 18.2 Å². The van der Waals surface area contributed by atoms with Crippen molar-refractivity contribution in [1.82, 2.24) is 10.2 Å². The largest absolute Gasteiger partial charge is 0.485 e. The fourth-order valence-electron chi connectivity index (χ4n) is 5.21. The average Bonchev–Trinajstić information content (AvgIpc) is 3.42. The summed E-state index contributed by atoms with van der Waals surface area (Å²) in [6.07, 6.45) is 1.75. The molecule has 2 aliphatic heterocycles. The molecular formula is C37H56N2O15. The Kier molecular flexibility index (Phi) is 23.4. The Hall–Kier alpha value is -3.39. The minimum atomic E-state index is -1.08. The number of ether oxygens (including phenoxy) is 10. The third-order valence-electron chi connectivity index (χ3n) is 7.89. The van der Waals surface area contributed by atoms with Crippen LogP contribution in [0.2, 0.25) is 0 Å². The predicted molar refractivity (Wildman–Crippen MR) is 191 cm³/mol. The van der Waals surface area contributed by atoms with E-state index in [2.05, 4.69) is 12.2 Å². The molecule has 1 fully saturated rings. The van der Waals surface area contributed by atoms with Gasteiger partial charge in [0.15, 0.2) is 5.78 Å². The van der Waals surface area contributed by atoms with Gasteiger partial charge in [0.2, 0.25) is 11.8 Å². The normalized spacial score (nSPS) is 15.6. The number of benzene rings is 1. The SMILES string of the molecule is CCCOCCOCCOCCOCCOCCOCCOCCOCCOCCCC(=O)COc1cccc2c1C(=O)N(C1CCC(=O)NC1=O)C2=O. The Balaban J connectivity index is 1.05. The van der Waals surface area contributed by atoms with E-state index in [9.17, 15) is 24.0 Å². The Labute approximate surface area is 316 Å². The zero-order valence-corrected chi connectivity index (χ0v) is 31.4. The maximum absolute atomic E-state index is 13.1. The number of carbonyl (C=O) groups excluding carboxylic acids is 5. The molecule has 1 aromatic carbocycles. The zero-order chi connectivity index (χ0) is 38.6. The number of nitrogens with one attached hydrogen (secondary N) is 1. The summed E-state index contributed by atoms with van der Waals surface area (Å²) in [5.74, 6) is -2.61. The molecule has 0 aliphatic carbocycles. The minimum absolute atomic E-state index is 0.00168. The van der Waals surface area contributed by atoms with Gasteiger partial charge in [0, 0.05) is 26.1 Å². The molecule has 1 atom stereocenters. The number of hydrogen-bond acceptors (Lipinski definition) is 15. The number of hydrogen-bond donors (Lipinski definition) is 1. The highest BCUT2D eigenvalue weighted by atomic mass is 16.6. The van der Waals surface area contributed by atoms with Gasteiger partial charge in [-0.3, -0.25) is 34.2 Å². The van der Waals surface area contributed by atoms with Gasteiger partial charge in [0.1, 0.15) is 18.4 Å². The topological polar surface area (TPSA) is 193 Å². The van der Waals surface area contributed by atoms with Crippen molar-refractivity contribution in [1.29, 1.82) is 0 Å². The van der Waals surface area contributed by atoms with Crippen LogP contribution in [-0.2, 0) is 57.0 Å². The molecule has 1 saturated heterocycles. The van der Waals surface area contributed by atoms with E-state index in [0.717, 1.165) is 17.9 Å². The van der Waals surface area contributed by atoms with Crippen molar-refractivity contribution in [2.24, 2.45) is 0 Å². The Morgan fingerprint density at radius 1 is 0.648 bits per heavy atom. The fraction of sp³-hybridized carbons (Fsp3) is 0.703. The number of fused-ring (bicyclic) bond motifs is 1. The molecule has 0 spiro atoms. The van der Waals surface area contributed by atoms with Crippen molar-refractivity contribution in [3.05, 3.63) is 29.3 Å². The summed E-state index contributed by atoms with van der Waals surface area (Å²) in [4.78, 5) is 63.1. The van der Waals surface area contributed by atoms with E-state index in [4.69, 9.17) is 47.4 Å². The molecule has 1 unspecified atom stereocenters. The molecule has 2 aliphatic rings. The third kappa shape index (κ3) is 17.4. The van der Waals surface area contributed by atoms with E-state index in [1.165, 1.54) is 18.2 Å². The number of nitrogens with zero attached hydrogens (tertiary/aromatic N) is 1. The van der Waals surface area contributed by atoms with Crippen LogP contribution in [0.1, 0.15) is 59.7 Å². The van der Waals surface area contributed by atoms with Gasteiger partial charge in [0.05, 0.1) is 117 Å². The maximum atomic E-state index is 13.1. The van der Waals surface area contributed by atoms with Crippen molar-refractivity contribution in [3.8, 4) is 5.75 Å². The first-order valence-corrected chi connectivity index (χ1v) is 18.6. The molecule has 4 amide bonds. The molecular weight excluding hydrogens is 712 g/mol. The van der Waals surface area contributed by atoms with Crippen molar-refractivity contribution >= 4 is 29.4 Å². The first-order chi connectivity index (χ1) is 26.4. The molecule has 1 N–H and O–H groups in total. The van der Waals surface area contributed by atoms with Crippen LogP contribution < -0.4 is 10.1 Å². The van der Waals surface area contributed by atoms with E-state index in [1.54, 1.807) is 0 Å².